The van der Waals surface area contributed by atoms with E-state index in [1.54, 1.807) is 0 Å². The normalized spacial score (nSPS) is 14.3. The Labute approximate surface area is 52.9 Å². The van der Waals surface area contributed by atoms with Crippen LogP contribution in [0.1, 0.15) is 12.1 Å². The van der Waals surface area contributed by atoms with Gasteiger partial charge in [-0.25, -0.2) is 0 Å². The minimum atomic E-state index is 1.06. The van der Waals surface area contributed by atoms with E-state index in [2.05, 4.69) is 22.3 Å². The lowest BCUT2D eigenvalue weighted by Gasteiger charge is -1.73. The highest BCUT2D eigenvalue weighted by Crippen LogP contribution is 1.87. The molecular formula is C7H8N2. The maximum Gasteiger partial charge on any atom is 0.0666 e. The molecule has 1 aliphatic carbocycles. The highest BCUT2D eigenvalue weighted by molar-refractivity contribution is 5.45. The van der Waals surface area contributed by atoms with E-state index >= 15 is 0 Å². The number of rotatable bonds is 0. The number of aromatic nitrogens is 2. The van der Waals surface area contributed by atoms with Crippen molar-refractivity contribution in [2.24, 2.45) is 0 Å². The second kappa shape index (κ2) is 1.47. The minimum Gasteiger partial charge on any atom is -0.278 e. The van der Waals surface area contributed by atoms with Crippen molar-refractivity contribution >= 4 is 12.2 Å². The van der Waals surface area contributed by atoms with Gasteiger partial charge < -0.3 is 0 Å². The third-order valence-corrected chi connectivity index (χ3v) is 1.67. The van der Waals surface area contributed by atoms with Crippen molar-refractivity contribution in [3.05, 3.63) is 16.3 Å². The van der Waals surface area contributed by atoms with Crippen LogP contribution in [0.2, 0.25) is 0 Å². The van der Waals surface area contributed by atoms with Gasteiger partial charge in [0.15, 0.2) is 0 Å². The summed E-state index contributed by atoms with van der Waals surface area (Å²) in [5, 5.41) is 9.47. The van der Waals surface area contributed by atoms with E-state index in [0.29, 0.717) is 0 Å². The van der Waals surface area contributed by atoms with Crippen LogP contribution in [0.4, 0.5) is 0 Å². The fraction of sp³-hybridized carbons (Fsp3) is 0.286. The van der Waals surface area contributed by atoms with Crippen LogP contribution in [0.25, 0.3) is 12.2 Å². The van der Waals surface area contributed by atoms with Crippen LogP contribution < -0.4 is 10.6 Å². The van der Waals surface area contributed by atoms with Gasteiger partial charge in [-0.1, -0.05) is 12.2 Å². The number of hydrogen-bond acceptors (Lipinski definition) is 1. The summed E-state index contributed by atoms with van der Waals surface area (Å²) in [6.07, 6.45) is 5.40. The minimum absolute atomic E-state index is 1.06. The van der Waals surface area contributed by atoms with Crippen LogP contribution in [0.15, 0.2) is 0 Å². The van der Waals surface area contributed by atoms with Crippen LogP contribution in [0.3, 0.4) is 0 Å². The number of fused-ring (bicyclic) bond motifs is 1. The Kier molecular flexibility index (Phi) is 0.781. The molecule has 2 rings (SSSR count). The van der Waals surface area contributed by atoms with Crippen LogP contribution in [-0.4, -0.2) is 10.2 Å². The molecule has 1 N–H and O–H groups in total. The van der Waals surface area contributed by atoms with Gasteiger partial charge in [0, 0.05) is 5.22 Å². The Morgan fingerprint density at radius 2 is 2.44 bits per heavy atom. The zero-order valence-corrected chi connectivity index (χ0v) is 5.31. The van der Waals surface area contributed by atoms with E-state index in [-0.39, 0.29) is 0 Å². The molecule has 0 fully saturated rings. The van der Waals surface area contributed by atoms with Crippen LogP contribution in [0, 0.1) is 6.92 Å². The fourth-order valence-electron chi connectivity index (χ4n) is 1.17. The lowest BCUT2D eigenvalue weighted by Crippen LogP contribution is -2.19. The molecule has 1 aliphatic rings. The van der Waals surface area contributed by atoms with Gasteiger partial charge >= 0.3 is 0 Å². The van der Waals surface area contributed by atoms with Gasteiger partial charge in [0.2, 0.25) is 0 Å². The summed E-state index contributed by atoms with van der Waals surface area (Å²) in [5.41, 5.74) is 1.11. The molecule has 1 aromatic heterocycles. The van der Waals surface area contributed by atoms with E-state index in [4.69, 9.17) is 0 Å². The monoisotopic (exact) mass is 120 g/mol. The fourth-order valence-corrected chi connectivity index (χ4v) is 1.17. The number of nitrogens with one attached hydrogen (secondary N) is 1. The van der Waals surface area contributed by atoms with E-state index < -0.39 is 0 Å². The number of aromatic amines is 1. The molecule has 0 aromatic carbocycles. The summed E-state index contributed by atoms with van der Waals surface area (Å²) in [6, 6.07) is 0. The number of nitrogens with zero attached hydrogens (tertiary/aromatic N) is 1. The summed E-state index contributed by atoms with van der Waals surface area (Å²) in [7, 11) is 0. The molecule has 2 nitrogen and oxygen atoms in total. The molecule has 46 valence electrons. The smallest absolute Gasteiger partial charge is 0.0666 e. The topological polar surface area (TPSA) is 28.7 Å². The molecule has 0 radical (unpaired) electrons. The van der Waals surface area contributed by atoms with Crippen molar-refractivity contribution in [3.63, 3.8) is 0 Å². The molecule has 1 heterocycles. The van der Waals surface area contributed by atoms with Crippen molar-refractivity contribution in [2.45, 2.75) is 13.3 Å². The molecule has 0 amide bonds. The van der Waals surface area contributed by atoms with Crippen molar-refractivity contribution in [1.82, 2.24) is 10.2 Å². The van der Waals surface area contributed by atoms with Gasteiger partial charge in [-0.3, -0.25) is 5.10 Å². The van der Waals surface area contributed by atoms with E-state index in [0.717, 1.165) is 12.1 Å². The lowest BCUT2D eigenvalue weighted by atomic mass is 10.4. The Balaban J connectivity index is 3.01. The molecule has 1 aromatic rings. The molecule has 0 atom stereocenters. The molecule has 0 unspecified atom stereocenters. The van der Waals surface area contributed by atoms with Gasteiger partial charge in [-0.05, 0) is 13.3 Å². The number of H-pyrrole nitrogens is 1. The third kappa shape index (κ3) is 0.529. The van der Waals surface area contributed by atoms with Crippen molar-refractivity contribution in [1.29, 1.82) is 0 Å². The quantitative estimate of drug-likeness (QED) is 0.499. The summed E-state index contributed by atoms with van der Waals surface area (Å²) in [4.78, 5) is 0. The third-order valence-electron chi connectivity index (χ3n) is 1.67. The van der Waals surface area contributed by atoms with Gasteiger partial charge in [0.1, 0.15) is 0 Å². The largest absolute Gasteiger partial charge is 0.278 e. The Morgan fingerprint density at radius 3 is 3.22 bits per heavy atom. The Morgan fingerprint density at radius 1 is 1.56 bits per heavy atom. The standard InChI is InChI=1S/C7H8N2/c1-5-6-3-2-4-7(6)9-8-5/h3-4,9H,2H2,1H3. The zero-order valence-electron chi connectivity index (χ0n) is 5.31. The summed E-state index contributed by atoms with van der Waals surface area (Å²) in [6.45, 7) is 2.02. The summed E-state index contributed by atoms with van der Waals surface area (Å²) in [5.74, 6) is 0. The molecule has 2 heteroatoms. The maximum atomic E-state index is 4.05. The highest BCUT2D eigenvalue weighted by Gasteiger charge is 1.97. The van der Waals surface area contributed by atoms with Crippen molar-refractivity contribution < 1.29 is 0 Å². The second-order valence-electron chi connectivity index (χ2n) is 2.28. The number of hydrogen-bond donors (Lipinski definition) is 1. The van der Waals surface area contributed by atoms with Crippen LogP contribution in [-0.2, 0) is 0 Å². The Hall–Kier alpha value is -1.05. The molecular weight excluding hydrogens is 112 g/mol. The molecule has 0 saturated carbocycles. The first-order valence-electron chi connectivity index (χ1n) is 3.09. The van der Waals surface area contributed by atoms with Gasteiger partial charge in [0.05, 0.1) is 11.0 Å². The highest BCUT2D eigenvalue weighted by atomic mass is 15.1. The first-order chi connectivity index (χ1) is 4.38. The molecule has 0 saturated heterocycles. The van der Waals surface area contributed by atoms with Gasteiger partial charge in [-0.15, -0.1) is 0 Å². The molecule has 0 aliphatic heterocycles. The van der Waals surface area contributed by atoms with Gasteiger partial charge in [0.25, 0.3) is 0 Å². The first-order valence-corrected chi connectivity index (χ1v) is 3.09. The molecule has 0 bridgehead atoms. The van der Waals surface area contributed by atoms with Crippen molar-refractivity contribution in [3.8, 4) is 0 Å². The first kappa shape index (κ1) is 4.79. The van der Waals surface area contributed by atoms with E-state index in [1.807, 2.05) is 6.92 Å². The average molecular weight is 120 g/mol. The van der Waals surface area contributed by atoms with E-state index in [9.17, 15) is 0 Å². The van der Waals surface area contributed by atoms with Crippen LogP contribution in [0.5, 0.6) is 0 Å². The number of aryl methyl sites for hydroxylation is 1. The SMILES string of the molecule is Cc1n[nH]c2c1=CCC=2. The predicted octanol–water partition coefficient (Wildman–Crippen LogP) is -0.317. The summed E-state index contributed by atoms with van der Waals surface area (Å²) < 4.78 is 0. The second-order valence-corrected chi connectivity index (χ2v) is 2.28. The van der Waals surface area contributed by atoms with E-state index in [1.165, 1.54) is 10.6 Å². The average Bonchev–Trinajstić information content (AvgIpc) is 2.35. The summed E-state index contributed by atoms with van der Waals surface area (Å²) >= 11 is 0. The zero-order chi connectivity index (χ0) is 6.27. The van der Waals surface area contributed by atoms with Crippen LogP contribution >= 0.6 is 0 Å². The lowest BCUT2D eigenvalue weighted by molar-refractivity contribution is 1.02. The van der Waals surface area contributed by atoms with Gasteiger partial charge in [-0.2, -0.15) is 5.10 Å². The predicted molar refractivity (Wildman–Crippen MR) is 36.1 cm³/mol. The molecule has 9 heavy (non-hydrogen) atoms. The molecule has 0 spiro atoms. The Bertz CT molecular complexity index is 332. The maximum absolute atomic E-state index is 4.05. The van der Waals surface area contributed by atoms with Crippen molar-refractivity contribution in [2.75, 3.05) is 0 Å².